The van der Waals surface area contributed by atoms with Gasteiger partial charge in [0.15, 0.2) is 0 Å². The minimum absolute atomic E-state index is 0.193. The van der Waals surface area contributed by atoms with Crippen molar-refractivity contribution in [2.45, 2.75) is 26.9 Å². The van der Waals surface area contributed by atoms with Crippen molar-refractivity contribution in [1.82, 2.24) is 0 Å². The molecule has 0 saturated carbocycles. The molecule has 144 valence electrons. The Balaban J connectivity index is 1.92. The molecule has 0 fully saturated rings. The molecular weight excluding hydrogens is 444 g/mol. The van der Waals surface area contributed by atoms with Gasteiger partial charge in [0, 0.05) is 4.47 Å². The number of nitrogens with zero attached hydrogens (tertiary/aromatic N) is 2. The first kappa shape index (κ1) is 20.3. The molecule has 3 rings (SSSR count). The van der Waals surface area contributed by atoms with E-state index in [1.54, 1.807) is 39.0 Å². The highest BCUT2D eigenvalue weighted by molar-refractivity contribution is 9.10. The number of esters is 1. The Bertz CT molecular complexity index is 997. The van der Waals surface area contributed by atoms with Crippen LogP contribution in [0.15, 0.2) is 57.6 Å². The van der Waals surface area contributed by atoms with Crippen LogP contribution >= 0.6 is 27.5 Å². The number of hydrogen-bond acceptors (Lipinski definition) is 4. The zero-order chi connectivity index (χ0) is 20.4. The molecule has 1 amide bonds. The lowest BCUT2D eigenvalue weighted by molar-refractivity contribution is -0.114. The summed E-state index contributed by atoms with van der Waals surface area (Å²) in [5.41, 5.74) is 2.61. The van der Waals surface area contributed by atoms with Crippen molar-refractivity contribution < 1.29 is 14.3 Å². The topological polar surface area (TPSA) is 59.0 Å². The fourth-order valence-corrected chi connectivity index (χ4v) is 3.12. The molecule has 0 N–H and O–H groups in total. The van der Waals surface area contributed by atoms with Gasteiger partial charge in [0.25, 0.3) is 5.91 Å². The van der Waals surface area contributed by atoms with Gasteiger partial charge in [0.2, 0.25) is 0 Å². The maximum Gasteiger partial charge on any atom is 0.339 e. The van der Waals surface area contributed by atoms with Gasteiger partial charge in [-0.2, -0.15) is 10.1 Å². The molecule has 28 heavy (non-hydrogen) atoms. The number of carbonyl (C=O) groups excluding carboxylic acids is 2. The smallest absolute Gasteiger partial charge is 0.339 e. The molecule has 0 unspecified atom stereocenters. The minimum Gasteiger partial charge on any atom is -0.459 e. The van der Waals surface area contributed by atoms with E-state index in [-0.39, 0.29) is 22.6 Å². The van der Waals surface area contributed by atoms with Gasteiger partial charge in [-0.05, 0) is 62.7 Å². The first-order valence-electron chi connectivity index (χ1n) is 8.64. The molecule has 0 spiro atoms. The second-order valence-corrected chi connectivity index (χ2v) is 7.85. The number of amides is 1. The third-order valence-corrected chi connectivity index (χ3v) is 4.86. The van der Waals surface area contributed by atoms with E-state index in [4.69, 9.17) is 16.3 Å². The third kappa shape index (κ3) is 4.34. The molecule has 7 heteroatoms. The Morgan fingerprint density at radius 2 is 1.89 bits per heavy atom. The Hall–Kier alpha value is -2.44. The number of hydrazone groups is 1. The van der Waals surface area contributed by atoms with Crippen LogP contribution in [-0.4, -0.2) is 23.7 Å². The van der Waals surface area contributed by atoms with Gasteiger partial charge >= 0.3 is 5.97 Å². The molecule has 0 bridgehead atoms. The fourth-order valence-electron chi connectivity index (χ4n) is 2.66. The van der Waals surface area contributed by atoms with Crippen molar-refractivity contribution in [1.29, 1.82) is 0 Å². The van der Waals surface area contributed by atoms with Crippen LogP contribution in [0, 0.1) is 0 Å². The lowest BCUT2D eigenvalue weighted by atomic mass is 10.1. The highest BCUT2D eigenvalue weighted by atomic mass is 79.9. The average Bonchev–Trinajstić information content (AvgIpc) is 2.91. The highest BCUT2D eigenvalue weighted by Gasteiger charge is 2.29. The Kier molecular flexibility index (Phi) is 6.01. The molecule has 1 aliphatic rings. The van der Waals surface area contributed by atoms with Crippen molar-refractivity contribution in [2.24, 2.45) is 5.10 Å². The molecule has 0 atom stereocenters. The standard InChI is InChI=1S/C21H18BrClN2O3/c1-12(2)28-21(27)18-11-16(8-9-19(18)23)25-20(26)17(13(3)24-25)10-14-4-6-15(22)7-5-14/h4-12H,1-3H3/b17-10-. The summed E-state index contributed by atoms with van der Waals surface area (Å²) in [6.45, 7) is 5.28. The Labute approximate surface area is 176 Å². The normalized spacial score (nSPS) is 15.4. The van der Waals surface area contributed by atoms with Gasteiger partial charge in [-0.25, -0.2) is 4.79 Å². The molecule has 0 radical (unpaired) electrons. The van der Waals surface area contributed by atoms with Crippen molar-refractivity contribution in [2.75, 3.05) is 5.01 Å². The second-order valence-electron chi connectivity index (χ2n) is 6.53. The first-order chi connectivity index (χ1) is 13.3. The maximum atomic E-state index is 12.9. The maximum absolute atomic E-state index is 12.9. The Morgan fingerprint density at radius 1 is 1.21 bits per heavy atom. The summed E-state index contributed by atoms with van der Waals surface area (Å²) in [5.74, 6) is -0.814. The summed E-state index contributed by atoms with van der Waals surface area (Å²) in [5, 5.41) is 5.88. The van der Waals surface area contributed by atoms with E-state index in [9.17, 15) is 9.59 Å². The van der Waals surface area contributed by atoms with E-state index in [1.807, 2.05) is 24.3 Å². The van der Waals surface area contributed by atoms with E-state index < -0.39 is 5.97 Å². The van der Waals surface area contributed by atoms with Gasteiger partial charge in [-0.15, -0.1) is 0 Å². The summed E-state index contributed by atoms with van der Waals surface area (Å²) in [6, 6.07) is 12.3. The molecule has 0 saturated heterocycles. The van der Waals surface area contributed by atoms with Crippen LogP contribution in [0.5, 0.6) is 0 Å². The largest absolute Gasteiger partial charge is 0.459 e. The number of ether oxygens (including phenoxy) is 1. The predicted molar refractivity (Wildman–Crippen MR) is 115 cm³/mol. The summed E-state index contributed by atoms with van der Waals surface area (Å²) < 4.78 is 6.17. The van der Waals surface area contributed by atoms with E-state index in [0.29, 0.717) is 17.0 Å². The second kappa shape index (κ2) is 8.29. The van der Waals surface area contributed by atoms with Crippen molar-refractivity contribution in [3.63, 3.8) is 0 Å². The summed E-state index contributed by atoms with van der Waals surface area (Å²) in [7, 11) is 0. The van der Waals surface area contributed by atoms with E-state index >= 15 is 0 Å². The summed E-state index contributed by atoms with van der Waals surface area (Å²) >= 11 is 9.53. The number of carbonyl (C=O) groups is 2. The molecule has 5 nitrogen and oxygen atoms in total. The fraction of sp³-hybridized carbons (Fsp3) is 0.190. The summed E-state index contributed by atoms with van der Waals surface area (Å²) in [4.78, 5) is 25.2. The molecule has 2 aromatic rings. The molecule has 2 aromatic carbocycles. The minimum atomic E-state index is -0.542. The van der Waals surface area contributed by atoms with Crippen LogP contribution in [-0.2, 0) is 9.53 Å². The van der Waals surface area contributed by atoms with Crippen LogP contribution in [0.1, 0.15) is 36.7 Å². The van der Waals surface area contributed by atoms with Crippen LogP contribution in [0.25, 0.3) is 6.08 Å². The summed E-state index contributed by atoms with van der Waals surface area (Å²) in [6.07, 6.45) is 1.51. The van der Waals surface area contributed by atoms with Gasteiger partial charge in [0.05, 0.1) is 33.7 Å². The molecular formula is C21H18BrClN2O3. The zero-order valence-corrected chi connectivity index (χ0v) is 17.9. The number of anilines is 1. The quantitative estimate of drug-likeness (QED) is 0.448. The van der Waals surface area contributed by atoms with Crippen molar-refractivity contribution in [3.05, 3.63) is 68.7 Å². The lowest BCUT2D eigenvalue weighted by Crippen LogP contribution is -2.22. The van der Waals surface area contributed by atoms with Crippen molar-refractivity contribution in [3.8, 4) is 0 Å². The zero-order valence-electron chi connectivity index (χ0n) is 15.6. The van der Waals surface area contributed by atoms with Gasteiger partial charge in [-0.3, -0.25) is 4.79 Å². The molecule has 1 aliphatic heterocycles. The van der Waals surface area contributed by atoms with Crippen molar-refractivity contribution >= 4 is 56.9 Å². The van der Waals surface area contributed by atoms with Gasteiger partial charge < -0.3 is 4.74 Å². The van der Waals surface area contributed by atoms with Crippen LogP contribution in [0.3, 0.4) is 0 Å². The van der Waals surface area contributed by atoms with Gasteiger partial charge in [0.1, 0.15) is 0 Å². The van der Waals surface area contributed by atoms with E-state index in [0.717, 1.165) is 10.0 Å². The number of halogens is 2. The van der Waals surface area contributed by atoms with Crippen LogP contribution in [0.4, 0.5) is 5.69 Å². The SMILES string of the molecule is CC1=NN(c2ccc(Cl)c(C(=O)OC(C)C)c2)C(=O)/C1=C\c1ccc(Br)cc1. The van der Waals surface area contributed by atoms with Gasteiger partial charge in [-0.1, -0.05) is 39.7 Å². The monoisotopic (exact) mass is 460 g/mol. The highest BCUT2D eigenvalue weighted by Crippen LogP contribution is 2.29. The Morgan fingerprint density at radius 3 is 2.54 bits per heavy atom. The average molecular weight is 462 g/mol. The van der Waals surface area contributed by atoms with E-state index in [2.05, 4.69) is 21.0 Å². The number of benzene rings is 2. The molecule has 0 aromatic heterocycles. The third-order valence-electron chi connectivity index (χ3n) is 4.00. The molecule has 1 heterocycles. The molecule has 0 aliphatic carbocycles. The lowest BCUT2D eigenvalue weighted by Gasteiger charge is -2.14. The first-order valence-corrected chi connectivity index (χ1v) is 9.81. The van der Waals surface area contributed by atoms with Crippen LogP contribution < -0.4 is 5.01 Å². The number of rotatable bonds is 4. The predicted octanol–water partition coefficient (Wildman–Crippen LogP) is 5.47. The number of hydrogen-bond donors (Lipinski definition) is 0. The van der Waals surface area contributed by atoms with E-state index in [1.165, 1.54) is 11.1 Å². The van der Waals surface area contributed by atoms with Crippen LogP contribution in [0.2, 0.25) is 5.02 Å².